The lowest BCUT2D eigenvalue weighted by Crippen LogP contribution is -2.60. The molecule has 2 aromatic rings. The fourth-order valence-corrected chi connectivity index (χ4v) is 4.74. The van der Waals surface area contributed by atoms with Gasteiger partial charge in [0, 0.05) is 51.0 Å². The number of ether oxygens (including phenoxy) is 3. The van der Waals surface area contributed by atoms with Gasteiger partial charge in [-0.15, -0.1) is 0 Å². The minimum absolute atomic E-state index is 0.158. The van der Waals surface area contributed by atoms with Crippen LogP contribution in [0, 0.1) is 0 Å². The van der Waals surface area contributed by atoms with Crippen molar-refractivity contribution >= 4 is 29.1 Å². The van der Waals surface area contributed by atoms with Crippen molar-refractivity contribution in [2.75, 3.05) is 77.4 Å². The van der Waals surface area contributed by atoms with Gasteiger partial charge >= 0.3 is 0 Å². The zero-order valence-corrected chi connectivity index (χ0v) is 22.1. The Morgan fingerprint density at radius 3 is 2.26 bits per heavy atom. The van der Waals surface area contributed by atoms with E-state index in [2.05, 4.69) is 20.4 Å². The summed E-state index contributed by atoms with van der Waals surface area (Å²) in [6.07, 6.45) is -0.164. The lowest BCUT2D eigenvalue weighted by atomic mass is 10.1. The summed E-state index contributed by atoms with van der Waals surface area (Å²) in [5.74, 6) is 0.949. The van der Waals surface area contributed by atoms with E-state index in [1.165, 1.54) is 19.1 Å². The Bertz CT molecular complexity index is 1130. The van der Waals surface area contributed by atoms with Crippen LogP contribution in [-0.4, -0.2) is 101 Å². The minimum Gasteiger partial charge on any atom is -0.497 e. The number of methoxy groups -OCH3 is 3. The highest BCUT2D eigenvalue weighted by atomic mass is 16.5. The van der Waals surface area contributed by atoms with Crippen LogP contribution in [-0.2, 0) is 14.4 Å². The average molecular weight is 526 g/mol. The Morgan fingerprint density at radius 2 is 1.61 bits per heavy atom. The van der Waals surface area contributed by atoms with Crippen LogP contribution in [0.1, 0.15) is 6.42 Å². The van der Waals surface area contributed by atoms with Crippen molar-refractivity contribution in [1.29, 1.82) is 0 Å². The summed E-state index contributed by atoms with van der Waals surface area (Å²) in [6, 6.07) is 12.1. The summed E-state index contributed by atoms with van der Waals surface area (Å²) >= 11 is 0. The van der Waals surface area contributed by atoms with Crippen LogP contribution in [0.4, 0.5) is 11.4 Å². The molecule has 0 saturated carbocycles. The summed E-state index contributed by atoms with van der Waals surface area (Å²) in [6.45, 7) is 3.93. The topological polar surface area (TPSA) is 113 Å². The van der Waals surface area contributed by atoms with Crippen molar-refractivity contribution in [2.24, 2.45) is 0 Å². The number of rotatable bonds is 9. The Morgan fingerprint density at radius 1 is 0.921 bits per heavy atom. The Kier molecular flexibility index (Phi) is 8.90. The van der Waals surface area contributed by atoms with Crippen LogP contribution in [0.2, 0.25) is 0 Å². The zero-order valence-electron chi connectivity index (χ0n) is 22.1. The van der Waals surface area contributed by atoms with E-state index < -0.39 is 11.9 Å². The lowest BCUT2D eigenvalue weighted by molar-refractivity contribution is -0.145. The normalized spacial score (nSPS) is 18.0. The molecule has 0 aromatic heterocycles. The van der Waals surface area contributed by atoms with Gasteiger partial charge in [0.25, 0.3) is 0 Å². The first-order valence-corrected chi connectivity index (χ1v) is 12.6. The molecule has 2 fully saturated rings. The molecule has 11 heteroatoms. The molecule has 0 aliphatic carbocycles. The van der Waals surface area contributed by atoms with Gasteiger partial charge in [-0.2, -0.15) is 0 Å². The minimum atomic E-state index is -0.881. The largest absolute Gasteiger partial charge is 0.497 e. The first kappa shape index (κ1) is 27.1. The monoisotopic (exact) mass is 525 g/mol. The predicted octanol–water partition coefficient (Wildman–Crippen LogP) is 1.19. The van der Waals surface area contributed by atoms with Crippen LogP contribution in [0.25, 0.3) is 0 Å². The highest BCUT2D eigenvalue weighted by molar-refractivity contribution is 5.98. The smallest absolute Gasteiger partial charge is 0.243 e. The molecule has 2 aromatic carbocycles. The molecule has 1 atom stereocenters. The second-order valence-electron chi connectivity index (χ2n) is 9.17. The molecule has 0 radical (unpaired) electrons. The maximum atomic E-state index is 13.3. The van der Waals surface area contributed by atoms with Gasteiger partial charge < -0.3 is 34.6 Å². The third-order valence-electron chi connectivity index (χ3n) is 6.88. The molecule has 204 valence electrons. The van der Waals surface area contributed by atoms with Crippen molar-refractivity contribution in [3.8, 4) is 17.2 Å². The summed E-state index contributed by atoms with van der Waals surface area (Å²) in [5, 5.41) is 5.56. The molecule has 2 aliphatic heterocycles. The van der Waals surface area contributed by atoms with Crippen molar-refractivity contribution in [3.63, 3.8) is 0 Å². The van der Waals surface area contributed by atoms with Gasteiger partial charge in [-0.25, -0.2) is 0 Å². The predicted molar refractivity (Wildman–Crippen MR) is 143 cm³/mol. The van der Waals surface area contributed by atoms with Crippen LogP contribution < -0.4 is 29.7 Å². The third-order valence-corrected chi connectivity index (χ3v) is 6.88. The Labute approximate surface area is 222 Å². The van der Waals surface area contributed by atoms with Gasteiger partial charge in [0.1, 0.15) is 23.3 Å². The van der Waals surface area contributed by atoms with E-state index in [1.54, 1.807) is 25.3 Å². The molecular formula is C27H35N5O6. The highest BCUT2D eigenvalue weighted by Gasteiger charge is 2.35. The van der Waals surface area contributed by atoms with Gasteiger partial charge in [-0.05, 0) is 36.4 Å². The van der Waals surface area contributed by atoms with Crippen LogP contribution in [0.15, 0.2) is 42.5 Å². The number of nitrogens with zero attached hydrogens (tertiary/aromatic N) is 3. The SMILES string of the molecule is COc1ccc(N2CCN(CC(=O)N3CCNC(=O)[C@H]3CC(=O)Nc3cc(OC)ccc3OC)CC2)cc1. The van der Waals surface area contributed by atoms with Gasteiger partial charge in [-0.1, -0.05) is 0 Å². The quantitative estimate of drug-likeness (QED) is 0.502. The van der Waals surface area contributed by atoms with Gasteiger partial charge in [0.05, 0.1) is 40.0 Å². The molecule has 4 rings (SSSR count). The number of piperazine rings is 2. The fourth-order valence-electron chi connectivity index (χ4n) is 4.74. The van der Waals surface area contributed by atoms with E-state index in [-0.39, 0.29) is 24.8 Å². The van der Waals surface area contributed by atoms with Crippen LogP contribution >= 0.6 is 0 Å². The number of hydrogen-bond donors (Lipinski definition) is 2. The van der Waals surface area contributed by atoms with Crippen LogP contribution in [0.5, 0.6) is 17.2 Å². The number of benzene rings is 2. The molecule has 3 amide bonds. The van der Waals surface area contributed by atoms with Crippen molar-refractivity contribution in [2.45, 2.75) is 12.5 Å². The summed E-state index contributed by atoms with van der Waals surface area (Å²) in [7, 11) is 4.68. The molecule has 0 spiro atoms. The van der Waals surface area contributed by atoms with E-state index in [4.69, 9.17) is 14.2 Å². The molecule has 2 N–H and O–H groups in total. The summed E-state index contributed by atoms with van der Waals surface area (Å²) in [5.41, 5.74) is 1.55. The Balaban J connectivity index is 1.34. The molecule has 0 unspecified atom stereocenters. The molecule has 2 aliphatic rings. The molecule has 11 nitrogen and oxygen atoms in total. The maximum Gasteiger partial charge on any atom is 0.243 e. The summed E-state index contributed by atoms with van der Waals surface area (Å²) < 4.78 is 15.8. The second-order valence-corrected chi connectivity index (χ2v) is 9.17. The first-order valence-electron chi connectivity index (χ1n) is 12.6. The number of hydrogen-bond acceptors (Lipinski definition) is 8. The molecule has 2 heterocycles. The third kappa shape index (κ3) is 6.46. The van der Waals surface area contributed by atoms with Gasteiger partial charge in [0.2, 0.25) is 17.7 Å². The van der Waals surface area contributed by atoms with E-state index >= 15 is 0 Å². The fraction of sp³-hybridized carbons (Fsp3) is 0.444. The highest BCUT2D eigenvalue weighted by Crippen LogP contribution is 2.29. The van der Waals surface area contributed by atoms with E-state index in [0.29, 0.717) is 30.3 Å². The second kappa shape index (κ2) is 12.5. The number of carbonyl (C=O) groups excluding carboxylic acids is 3. The number of anilines is 2. The summed E-state index contributed by atoms with van der Waals surface area (Å²) in [4.78, 5) is 44.8. The standard InChI is InChI=1S/C27H35N5O6/c1-36-20-6-4-19(5-7-20)31-14-12-30(13-15-31)18-26(34)32-11-10-28-27(35)23(32)17-25(33)29-22-16-21(37-2)8-9-24(22)38-3/h4-9,16,23H,10-15,17-18H2,1-3H3,(H,28,35)(H,29,33)/t23-/m1/s1. The van der Waals surface area contributed by atoms with E-state index in [1.807, 2.05) is 24.3 Å². The number of carbonyl (C=O) groups is 3. The first-order chi connectivity index (χ1) is 18.4. The van der Waals surface area contributed by atoms with Crippen molar-refractivity contribution in [3.05, 3.63) is 42.5 Å². The van der Waals surface area contributed by atoms with E-state index in [9.17, 15) is 14.4 Å². The molecule has 2 saturated heterocycles. The van der Waals surface area contributed by atoms with Crippen molar-refractivity contribution in [1.82, 2.24) is 15.1 Å². The number of nitrogens with one attached hydrogen (secondary N) is 2. The zero-order chi connectivity index (χ0) is 27.1. The lowest BCUT2D eigenvalue weighted by Gasteiger charge is -2.39. The van der Waals surface area contributed by atoms with Crippen LogP contribution in [0.3, 0.4) is 0 Å². The number of amides is 3. The molecule has 38 heavy (non-hydrogen) atoms. The average Bonchev–Trinajstić information content (AvgIpc) is 2.94. The molecular weight excluding hydrogens is 490 g/mol. The van der Waals surface area contributed by atoms with Gasteiger partial charge in [-0.3, -0.25) is 19.3 Å². The molecule has 0 bridgehead atoms. The van der Waals surface area contributed by atoms with Gasteiger partial charge in [0.15, 0.2) is 0 Å². The van der Waals surface area contributed by atoms with Crippen molar-refractivity contribution < 1.29 is 28.6 Å². The van der Waals surface area contributed by atoms with E-state index in [0.717, 1.165) is 37.6 Å². The Hall–Kier alpha value is -3.99. The maximum absolute atomic E-state index is 13.3.